The first-order valence-corrected chi connectivity index (χ1v) is 17.1. The molecule has 258 valence electrons. The van der Waals surface area contributed by atoms with Crippen molar-refractivity contribution in [3.05, 3.63) is 12.7 Å². The Hall–Kier alpha value is -3.24. The summed E-state index contributed by atoms with van der Waals surface area (Å²) >= 11 is 0. The molecule has 3 rings (SSSR count). The van der Waals surface area contributed by atoms with Crippen molar-refractivity contribution in [2.24, 2.45) is 34.5 Å². The van der Waals surface area contributed by atoms with E-state index in [4.69, 9.17) is 0 Å². The molecule has 4 N–H and O–H groups in total. The maximum atomic E-state index is 14.3. The third kappa shape index (κ3) is 8.37. The number of hydrogen-bond donors (Lipinski definition) is 4. The van der Waals surface area contributed by atoms with Gasteiger partial charge in [-0.1, -0.05) is 87.1 Å². The lowest BCUT2D eigenvalue weighted by Crippen LogP contribution is -2.62. The molecule has 46 heavy (non-hydrogen) atoms. The predicted molar refractivity (Wildman–Crippen MR) is 176 cm³/mol. The highest BCUT2D eigenvalue weighted by molar-refractivity contribution is 6.38. The average Bonchev–Trinajstić information content (AvgIpc) is 3.30. The van der Waals surface area contributed by atoms with Gasteiger partial charge in [-0.3, -0.25) is 24.0 Å². The molecule has 0 aromatic carbocycles. The first-order chi connectivity index (χ1) is 21.5. The van der Waals surface area contributed by atoms with Crippen molar-refractivity contribution in [1.82, 2.24) is 26.2 Å². The number of nitrogens with one attached hydrogen (secondary N) is 4. The number of carbonyl (C=O) groups is 6. The van der Waals surface area contributed by atoms with E-state index in [2.05, 4.69) is 41.7 Å². The second-order valence-electron chi connectivity index (χ2n) is 15.5. The van der Waals surface area contributed by atoms with E-state index in [-0.39, 0.29) is 47.8 Å². The van der Waals surface area contributed by atoms with Crippen LogP contribution in [0.15, 0.2) is 12.7 Å². The van der Waals surface area contributed by atoms with Crippen molar-refractivity contribution in [3.63, 3.8) is 0 Å². The number of fused-ring (bicyclic) bond motifs is 1. The summed E-state index contributed by atoms with van der Waals surface area (Å²) in [5.74, 6) is -2.67. The Bertz CT molecular complexity index is 1180. The zero-order chi connectivity index (χ0) is 34.6. The number of nitrogens with zero attached hydrogens (tertiary/aromatic N) is 1. The summed E-state index contributed by atoms with van der Waals surface area (Å²) in [6.45, 7) is 19.2. The lowest BCUT2D eigenvalue weighted by atomic mass is 9.80. The van der Waals surface area contributed by atoms with Crippen LogP contribution in [-0.2, 0) is 24.0 Å². The van der Waals surface area contributed by atoms with Gasteiger partial charge in [0, 0.05) is 19.0 Å². The fourth-order valence-corrected chi connectivity index (χ4v) is 7.41. The highest BCUT2D eigenvalue weighted by Crippen LogP contribution is 2.65. The standard InChI is InChI=1S/C35H57N5O6/c1-10-15-23(28(42)31(44)36-18-11-2)37-30(43)26-24-22(35(24,8)9)19-40(26)32(45)29(34(5,6)7)39-33(46)38-25(27(41)20(3)4)21-16-13-12-14-17-21/h11,20-26,29H,2,10,12-19H2,1,3-9H3,(H,36,44)(H,37,43)(H2,38,39,46)/t22?,23?,24-,25-,26-,29+/m0/s1. The van der Waals surface area contributed by atoms with Gasteiger partial charge >= 0.3 is 6.03 Å². The number of hydrogen-bond acceptors (Lipinski definition) is 6. The van der Waals surface area contributed by atoms with Crippen LogP contribution in [0.4, 0.5) is 4.79 Å². The Balaban J connectivity index is 1.82. The number of rotatable bonds is 14. The molecule has 1 aliphatic heterocycles. The van der Waals surface area contributed by atoms with Crippen molar-refractivity contribution in [2.75, 3.05) is 13.1 Å². The molecular weight excluding hydrogens is 586 g/mol. The molecule has 2 unspecified atom stereocenters. The van der Waals surface area contributed by atoms with Crippen LogP contribution in [0.1, 0.15) is 100 Å². The molecule has 1 heterocycles. The highest BCUT2D eigenvalue weighted by atomic mass is 16.2. The molecule has 0 aromatic rings. The summed E-state index contributed by atoms with van der Waals surface area (Å²) in [6.07, 6.45) is 7.17. The van der Waals surface area contributed by atoms with E-state index in [1.54, 1.807) is 0 Å². The van der Waals surface area contributed by atoms with Gasteiger partial charge in [0.15, 0.2) is 5.78 Å². The zero-order valence-corrected chi connectivity index (χ0v) is 29.2. The van der Waals surface area contributed by atoms with Gasteiger partial charge in [0.25, 0.3) is 5.91 Å². The Morgan fingerprint density at radius 1 is 0.978 bits per heavy atom. The third-order valence-electron chi connectivity index (χ3n) is 10.3. The second-order valence-corrected chi connectivity index (χ2v) is 15.5. The lowest BCUT2D eigenvalue weighted by molar-refractivity contribution is -0.145. The Morgan fingerprint density at radius 2 is 1.61 bits per heavy atom. The molecule has 6 atom stereocenters. The van der Waals surface area contributed by atoms with Crippen molar-refractivity contribution in [1.29, 1.82) is 0 Å². The molecule has 3 fully saturated rings. The minimum absolute atomic E-state index is 0.0198. The Labute approximate surface area is 274 Å². The van der Waals surface area contributed by atoms with Crippen molar-refractivity contribution in [2.45, 2.75) is 125 Å². The number of Topliss-reactive ketones (excluding diaryl/α,β-unsaturated/α-hetero) is 2. The summed E-state index contributed by atoms with van der Waals surface area (Å²) in [7, 11) is 0. The summed E-state index contributed by atoms with van der Waals surface area (Å²) in [6, 6.07) is -4.09. The minimum Gasteiger partial charge on any atom is -0.346 e. The highest BCUT2D eigenvalue weighted by Gasteiger charge is 2.70. The largest absolute Gasteiger partial charge is 0.346 e. The molecule has 3 aliphatic rings. The van der Waals surface area contributed by atoms with Gasteiger partial charge in [0.2, 0.25) is 17.6 Å². The van der Waals surface area contributed by atoms with Crippen LogP contribution < -0.4 is 21.3 Å². The number of ketones is 2. The zero-order valence-electron chi connectivity index (χ0n) is 29.2. The first-order valence-electron chi connectivity index (χ1n) is 17.1. The molecule has 0 aromatic heterocycles. The smallest absolute Gasteiger partial charge is 0.316 e. The van der Waals surface area contributed by atoms with Crippen LogP contribution in [0.25, 0.3) is 0 Å². The molecule has 5 amide bonds. The van der Waals surface area contributed by atoms with Crippen LogP contribution >= 0.6 is 0 Å². The third-order valence-corrected chi connectivity index (χ3v) is 10.3. The topological polar surface area (TPSA) is 154 Å². The Kier molecular flexibility index (Phi) is 12.2. The van der Waals surface area contributed by atoms with Crippen LogP contribution in [0.3, 0.4) is 0 Å². The summed E-state index contributed by atoms with van der Waals surface area (Å²) < 4.78 is 0. The van der Waals surface area contributed by atoms with E-state index in [1.165, 1.54) is 11.0 Å². The monoisotopic (exact) mass is 643 g/mol. The van der Waals surface area contributed by atoms with Crippen molar-refractivity contribution < 1.29 is 28.8 Å². The number of piperidine rings is 1. The maximum absolute atomic E-state index is 14.3. The molecule has 11 nitrogen and oxygen atoms in total. The number of amides is 5. The number of likely N-dealkylation sites (tertiary alicyclic amines) is 1. The van der Waals surface area contributed by atoms with E-state index in [1.807, 2.05) is 41.5 Å². The molecule has 0 bridgehead atoms. The lowest BCUT2D eigenvalue weighted by Gasteiger charge is -2.38. The van der Waals surface area contributed by atoms with Gasteiger partial charge in [-0.2, -0.15) is 0 Å². The van der Waals surface area contributed by atoms with E-state index < -0.39 is 59.1 Å². The first kappa shape index (κ1) is 37.2. The fourth-order valence-electron chi connectivity index (χ4n) is 7.41. The van der Waals surface area contributed by atoms with Crippen LogP contribution in [0.5, 0.6) is 0 Å². The molecular formula is C35H57N5O6. The van der Waals surface area contributed by atoms with Gasteiger partial charge < -0.3 is 26.2 Å². The summed E-state index contributed by atoms with van der Waals surface area (Å²) in [5, 5.41) is 11.1. The van der Waals surface area contributed by atoms with E-state index in [0.29, 0.717) is 13.0 Å². The second kappa shape index (κ2) is 15.1. The van der Waals surface area contributed by atoms with E-state index in [0.717, 1.165) is 32.1 Å². The van der Waals surface area contributed by atoms with Crippen molar-refractivity contribution >= 4 is 35.3 Å². The van der Waals surface area contributed by atoms with Gasteiger partial charge in [-0.15, -0.1) is 6.58 Å². The van der Waals surface area contributed by atoms with Crippen LogP contribution in [0, 0.1) is 34.5 Å². The van der Waals surface area contributed by atoms with Gasteiger partial charge in [-0.05, 0) is 47.8 Å². The SMILES string of the molecule is C=CCNC(=O)C(=O)C(CCC)NC(=O)[C@@H]1[C@@H]2C(CN1C(=O)[C@@H](NC(=O)N[C@H](C(=O)C(C)C)C1CCCCC1)C(C)(C)C)C2(C)C. The summed E-state index contributed by atoms with van der Waals surface area (Å²) in [4.78, 5) is 81.9. The molecule has 0 spiro atoms. The molecule has 11 heteroatoms. The van der Waals surface area contributed by atoms with Crippen LogP contribution in [-0.4, -0.2) is 77.5 Å². The number of urea groups is 1. The average molecular weight is 644 g/mol. The predicted octanol–water partition coefficient (Wildman–Crippen LogP) is 3.51. The van der Waals surface area contributed by atoms with Gasteiger partial charge in [0.1, 0.15) is 12.1 Å². The molecule has 0 radical (unpaired) electrons. The normalized spacial score (nSPS) is 24.2. The fraction of sp³-hybridized carbons (Fsp3) is 0.771. The molecule has 1 saturated heterocycles. The van der Waals surface area contributed by atoms with Crippen molar-refractivity contribution in [3.8, 4) is 0 Å². The van der Waals surface area contributed by atoms with Crippen LogP contribution in [0.2, 0.25) is 0 Å². The van der Waals surface area contributed by atoms with E-state index >= 15 is 0 Å². The summed E-state index contributed by atoms with van der Waals surface area (Å²) in [5.41, 5.74) is -0.902. The quantitative estimate of drug-likeness (QED) is 0.168. The number of carbonyl (C=O) groups excluding carboxylic acids is 6. The maximum Gasteiger partial charge on any atom is 0.316 e. The molecule has 2 saturated carbocycles. The minimum atomic E-state index is -1.03. The molecule has 2 aliphatic carbocycles. The van der Waals surface area contributed by atoms with Gasteiger partial charge in [0.05, 0.1) is 12.1 Å². The van der Waals surface area contributed by atoms with Gasteiger partial charge in [-0.25, -0.2) is 4.79 Å². The van der Waals surface area contributed by atoms with E-state index in [9.17, 15) is 28.8 Å². The Morgan fingerprint density at radius 3 is 2.15 bits per heavy atom.